The van der Waals surface area contributed by atoms with Crippen LogP contribution in [-0.2, 0) is 0 Å². The highest BCUT2D eigenvalue weighted by molar-refractivity contribution is 5.95. The van der Waals surface area contributed by atoms with Crippen LogP contribution in [-0.4, -0.2) is 54.1 Å². The molecule has 114 valence electrons. The van der Waals surface area contributed by atoms with Crippen molar-refractivity contribution >= 4 is 17.3 Å². The van der Waals surface area contributed by atoms with Crippen LogP contribution in [0.5, 0.6) is 0 Å². The molecule has 0 saturated carbocycles. The second-order valence-corrected chi connectivity index (χ2v) is 5.39. The van der Waals surface area contributed by atoms with Gasteiger partial charge in [0, 0.05) is 19.6 Å². The fourth-order valence-electron chi connectivity index (χ4n) is 2.83. The van der Waals surface area contributed by atoms with Gasteiger partial charge in [-0.25, -0.2) is 4.79 Å². The minimum Gasteiger partial charge on any atom is -0.477 e. The highest BCUT2D eigenvalue weighted by Gasteiger charge is 2.28. The number of carbonyl (C=O) groups is 1. The summed E-state index contributed by atoms with van der Waals surface area (Å²) in [4.78, 5) is 25.8. The molecular formula is C14H19N3O4. The lowest BCUT2D eigenvalue weighted by Gasteiger charge is -2.27. The number of likely N-dealkylation sites (N-methyl/N-ethyl adjacent to an activating group) is 2. The first-order valence-corrected chi connectivity index (χ1v) is 6.84. The van der Waals surface area contributed by atoms with Crippen LogP contribution in [0.25, 0.3) is 0 Å². The summed E-state index contributed by atoms with van der Waals surface area (Å²) >= 11 is 0. The van der Waals surface area contributed by atoms with E-state index < -0.39 is 10.9 Å². The molecule has 0 aliphatic carbocycles. The Kier molecular flexibility index (Phi) is 4.42. The third kappa shape index (κ3) is 3.13. The third-order valence-corrected chi connectivity index (χ3v) is 4.00. The van der Waals surface area contributed by atoms with E-state index in [0.29, 0.717) is 18.3 Å². The maximum Gasteiger partial charge on any atom is 0.342 e. The number of nitro benzene ring substituents is 1. The van der Waals surface area contributed by atoms with Crippen molar-refractivity contribution in [3.8, 4) is 0 Å². The Morgan fingerprint density at radius 2 is 2.29 bits per heavy atom. The summed E-state index contributed by atoms with van der Waals surface area (Å²) in [7, 11) is 3.80. The minimum atomic E-state index is -1.28. The number of carboxylic acid groups (broad SMARTS) is 1. The second-order valence-electron chi connectivity index (χ2n) is 5.39. The molecule has 7 heteroatoms. The molecule has 1 fully saturated rings. The van der Waals surface area contributed by atoms with Crippen LogP contribution < -0.4 is 4.90 Å². The van der Waals surface area contributed by atoms with E-state index in [1.54, 1.807) is 24.1 Å². The van der Waals surface area contributed by atoms with E-state index in [0.717, 1.165) is 19.4 Å². The fourth-order valence-corrected chi connectivity index (χ4v) is 2.83. The SMILES string of the molecule is CN(CC1CCCN1C)c1cccc(C(=O)O)c1[N+](=O)[O-]. The van der Waals surface area contributed by atoms with Crippen molar-refractivity contribution in [3.63, 3.8) is 0 Å². The predicted octanol–water partition coefficient (Wildman–Crippen LogP) is 1.82. The maximum absolute atomic E-state index is 11.3. The van der Waals surface area contributed by atoms with E-state index in [4.69, 9.17) is 5.11 Å². The molecule has 1 aliphatic heterocycles. The fraction of sp³-hybridized carbons (Fsp3) is 0.500. The van der Waals surface area contributed by atoms with Crippen LogP contribution in [0.1, 0.15) is 23.2 Å². The number of benzene rings is 1. The first-order valence-electron chi connectivity index (χ1n) is 6.84. The molecule has 2 rings (SSSR count). The number of rotatable bonds is 5. The molecule has 1 aromatic rings. The van der Waals surface area contributed by atoms with E-state index in [9.17, 15) is 14.9 Å². The molecule has 1 aliphatic rings. The molecule has 1 aromatic carbocycles. The van der Waals surface area contributed by atoms with Gasteiger partial charge in [-0.05, 0) is 38.6 Å². The first-order chi connectivity index (χ1) is 9.91. The quantitative estimate of drug-likeness (QED) is 0.658. The summed E-state index contributed by atoms with van der Waals surface area (Å²) in [6.07, 6.45) is 2.17. The van der Waals surface area contributed by atoms with E-state index in [-0.39, 0.29) is 11.3 Å². The van der Waals surface area contributed by atoms with Gasteiger partial charge in [0.15, 0.2) is 0 Å². The number of para-hydroxylation sites is 1. The summed E-state index contributed by atoms with van der Waals surface area (Å²) < 4.78 is 0. The molecule has 7 nitrogen and oxygen atoms in total. The lowest BCUT2D eigenvalue weighted by atomic mass is 10.1. The van der Waals surface area contributed by atoms with Gasteiger partial charge in [0.25, 0.3) is 0 Å². The summed E-state index contributed by atoms with van der Waals surface area (Å²) in [5.74, 6) is -1.28. The zero-order valence-electron chi connectivity index (χ0n) is 12.2. The summed E-state index contributed by atoms with van der Waals surface area (Å²) in [5.41, 5.74) is -0.266. The molecule has 0 spiro atoms. The average Bonchev–Trinajstić information content (AvgIpc) is 2.83. The zero-order valence-corrected chi connectivity index (χ0v) is 12.2. The summed E-state index contributed by atoms with van der Waals surface area (Å²) in [6, 6.07) is 4.74. The molecule has 0 radical (unpaired) electrons. The largest absolute Gasteiger partial charge is 0.477 e. The molecule has 21 heavy (non-hydrogen) atoms. The van der Waals surface area contributed by atoms with Crippen LogP contribution in [0.2, 0.25) is 0 Å². The van der Waals surface area contributed by atoms with Gasteiger partial charge in [-0.1, -0.05) is 6.07 Å². The normalized spacial score (nSPS) is 18.7. The molecule has 1 N–H and O–H groups in total. The number of anilines is 1. The van der Waals surface area contributed by atoms with E-state index in [1.165, 1.54) is 6.07 Å². The Balaban J connectivity index is 2.31. The van der Waals surface area contributed by atoms with Crippen molar-refractivity contribution in [2.24, 2.45) is 0 Å². The van der Waals surface area contributed by atoms with Crippen LogP contribution in [0, 0.1) is 10.1 Å². The minimum absolute atomic E-state index is 0.274. The Bertz CT molecular complexity index is 561. The topological polar surface area (TPSA) is 86.9 Å². The number of hydrogen-bond acceptors (Lipinski definition) is 5. The van der Waals surface area contributed by atoms with Gasteiger partial charge in [-0.3, -0.25) is 10.1 Å². The molecule has 1 heterocycles. The number of nitrogens with zero attached hydrogens (tertiary/aromatic N) is 3. The van der Waals surface area contributed by atoms with Crippen molar-refractivity contribution in [2.75, 3.05) is 32.1 Å². The highest BCUT2D eigenvalue weighted by atomic mass is 16.6. The van der Waals surface area contributed by atoms with Crippen LogP contribution in [0.3, 0.4) is 0 Å². The monoisotopic (exact) mass is 293 g/mol. The Hall–Kier alpha value is -2.15. The predicted molar refractivity (Wildman–Crippen MR) is 79.0 cm³/mol. The third-order valence-electron chi connectivity index (χ3n) is 4.00. The average molecular weight is 293 g/mol. The number of likely N-dealkylation sites (tertiary alicyclic amines) is 1. The van der Waals surface area contributed by atoms with Gasteiger partial charge in [0.1, 0.15) is 11.3 Å². The van der Waals surface area contributed by atoms with Crippen molar-refractivity contribution in [1.82, 2.24) is 4.90 Å². The van der Waals surface area contributed by atoms with Crippen LogP contribution in [0.4, 0.5) is 11.4 Å². The van der Waals surface area contributed by atoms with Crippen LogP contribution >= 0.6 is 0 Å². The Labute approximate surface area is 122 Å². The Morgan fingerprint density at radius 1 is 1.57 bits per heavy atom. The molecule has 0 amide bonds. The summed E-state index contributed by atoms with van der Waals surface area (Å²) in [5, 5.41) is 20.4. The molecule has 1 atom stereocenters. The molecule has 1 unspecified atom stereocenters. The highest BCUT2D eigenvalue weighted by Crippen LogP contribution is 2.32. The van der Waals surface area contributed by atoms with E-state index in [2.05, 4.69) is 4.90 Å². The van der Waals surface area contributed by atoms with Gasteiger partial charge in [0.05, 0.1) is 4.92 Å². The van der Waals surface area contributed by atoms with Gasteiger partial charge in [-0.2, -0.15) is 0 Å². The molecule has 1 saturated heterocycles. The van der Waals surface area contributed by atoms with Crippen molar-refractivity contribution in [3.05, 3.63) is 33.9 Å². The number of hydrogen-bond donors (Lipinski definition) is 1. The number of nitro groups is 1. The first kappa shape index (κ1) is 15.2. The van der Waals surface area contributed by atoms with Crippen molar-refractivity contribution in [1.29, 1.82) is 0 Å². The van der Waals surface area contributed by atoms with Gasteiger partial charge < -0.3 is 14.9 Å². The molecule has 0 aromatic heterocycles. The number of aromatic carboxylic acids is 1. The van der Waals surface area contributed by atoms with Gasteiger partial charge in [-0.15, -0.1) is 0 Å². The van der Waals surface area contributed by atoms with E-state index in [1.807, 2.05) is 7.05 Å². The zero-order chi connectivity index (χ0) is 15.6. The molecule has 0 bridgehead atoms. The number of carboxylic acids is 1. The van der Waals surface area contributed by atoms with Gasteiger partial charge >= 0.3 is 11.7 Å². The second kappa shape index (κ2) is 6.09. The lowest BCUT2D eigenvalue weighted by Crippen LogP contribution is -2.37. The standard InChI is InChI=1S/C14H19N3O4/c1-15-8-4-5-10(15)9-16(2)12-7-3-6-11(14(18)19)13(12)17(20)21/h3,6-7,10H,4-5,8-9H2,1-2H3,(H,18,19). The van der Waals surface area contributed by atoms with Crippen LogP contribution in [0.15, 0.2) is 18.2 Å². The smallest absolute Gasteiger partial charge is 0.342 e. The molecular weight excluding hydrogens is 274 g/mol. The lowest BCUT2D eigenvalue weighted by molar-refractivity contribution is -0.384. The Morgan fingerprint density at radius 3 is 2.81 bits per heavy atom. The van der Waals surface area contributed by atoms with Gasteiger partial charge in [0.2, 0.25) is 0 Å². The van der Waals surface area contributed by atoms with Crippen molar-refractivity contribution in [2.45, 2.75) is 18.9 Å². The maximum atomic E-state index is 11.3. The van der Waals surface area contributed by atoms with Crippen molar-refractivity contribution < 1.29 is 14.8 Å². The summed E-state index contributed by atoms with van der Waals surface area (Å²) in [6.45, 7) is 1.66. The van der Waals surface area contributed by atoms with E-state index >= 15 is 0 Å².